The zero-order chi connectivity index (χ0) is 16.5. The molecule has 3 heterocycles. The summed E-state index contributed by atoms with van der Waals surface area (Å²) in [7, 11) is 0. The Hall–Kier alpha value is -3.07. The molecule has 0 aliphatic carbocycles. The third-order valence-corrected chi connectivity index (χ3v) is 3.90. The molecule has 1 aromatic carbocycles. The number of benzene rings is 1. The van der Waals surface area contributed by atoms with Crippen LogP contribution in [0.4, 0.5) is 5.69 Å². The summed E-state index contributed by atoms with van der Waals surface area (Å²) < 4.78 is 15.9. The first kappa shape index (κ1) is 14.5. The van der Waals surface area contributed by atoms with Gasteiger partial charge in [0.1, 0.15) is 12.9 Å². The van der Waals surface area contributed by atoms with Gasteiger partial charge in [-0.15, -0.1) is 0 Å². The lowest BCUT2D eigenvalue weighted by atomic mass is 10.3. The van der Waals surface area contributed by atoms with Crippen LogP contribution in [0.25, 0.3) is 0 Å². The van der Waals surface area contributed by atoms with Crippen LogP contribution in [0.5, 0.6) is 11.5 Å². The third kappa shape index (κ3) is 2.65. The van der Waals surface area contributed by atoms with Crippen molar-refractivity contribution in [3.63, 3.8) is 0 Å². The Labute approximate surface area is 141 Å². The van der Waals surface area contributed by atoms with Crippen LogP contribution in [0.1, 0.15) is 0 Å². The van der Waals surface area contributed by atoms with Gasteiger partial charge in [-0.2, -0.15) is 5.10 Å². The second-order valence-corrected chi connectivity index (χ2v) is 5.46. The van der Waals surface area contributed by atoms with Crippen LogP contribution in [-0.2, 0) is 11.3 Å². The quantitative estimate of drug-likeness (QED) is 0.732. The van der Waals surface area contributed by atoms with Crippen LogP contribution in [0, 0.1) is 4.77 Å². The Morgan fingerprint density at radius 1 is 1.25 bits per heavy atom. The van der Waals surface area contributed by atoms with Crippen molar-refractivity contribution in [2.45, 2.75) is 6.54 Å². The van der Waals surface area contributed by atoms with Gasteiger partial charge in [0, 0.05) is 24.1 Å². The highest BCUT2D eigenvalue weighted by atomic mass is 32.1. The molecule has 1 aliphatic rings. The standard InChI is InChI=1S/C15H13N5O3S/c21-14(17-11-3-4-12-13(7-11)23-10-22-12)8-19-15(24)20(9-16-19)18-5-1-2-6-18/h1-7,9H,8,10H2,(H,17,21). The van der Waals surface area contributed by atoms with Gasteiger partial charge in [-0.3, -0.25) is 9.47 Å². The number of nitrogens with zero attached hydrogens (tertiary/aromatic N) is 4. The number of hydrogen-bond donors (Lipinski definition) is 1. The summed E-state index contributed by atoms with van der Waals surface area (Å²) in [6, 6.07) is 8.99. The Kier molecular flexibility index (Phi) is 3.54. The molecule has 122 valence electrons. The topological polar surface area (TPSA) is 75.2 Å². The summed E-state index contributed by atoms with van der Waals surface area (Å²) in [4.78, 5) is 12.2. The first-order valence-electron chi connectivity index (χ1n) is 7.18. The van der Waals surface area contributed by atoms with E-state index in [0.29, 0.717) is 22.0 Å². The number of rotatable bonds is 4. The van der Waals surface area contributed by atoms with E-state index in [-0.39, 0.29) is 19.2 Å². The first-order valence-corrected chi connectivity index (χ1v) is 7.59. The van der Waals surface area contributed by atoms with Crippen molar-refractivity contribution in [1.82, 2.24) is 19.1 Å². The lowest BCUT2D eigenvalue weighted by Crippen LogP contribution is -2.20. The van der Waals surface area contributed by atoms with E-state index in [9.17, 15) is 4.79 Å². The van der Waals surface area contributed by atoms with Crippen molar-refractivity contribution in [3.05, 3.63) is 53.8 Å². The minimum Gasteiger partial charge on any atom is -0.454 e. The Morgan fingerprint density at radius 3 is 2.88 bits per heavy atom. The van der Waals surface area contributed by atoms with Gasteiger partial charge in [0.25, 0.3) is 0 Å². The average Bonchev–Trinajstić information content (AvgIpc) is 3.29. The van der Waals surface area contributed by atoms with Crippen molar-refractivity contribution >= 4 is 23.8 Å². The fourth-order valence-electron chi connectivity index (χ4n) is 2.38. The van der Waals surface area contributed by atoms with Gasteiger partial charge in [0.05, 0.1) is 0 Å². The predicted octanol–water partition coefficient (Wildman–Crippen LogP) is 1.89. The van der Waals surface area contributed by atoms with E-state index in [1.165, 1.54) is 4.68 Å². The molecule has 0 unspecified atom stereocenters. The highest BCUT2D eigenvalue weighted by Gasteiger charge is 2.14. The Bertz CT molecular complexity index is 944. The average molecular weight is 343 g/mol. The van der Waals surface area contributed by atoms with Crippen LogP contribution in [0.15, 0.2) is 49.1 Å². The van der Waals surface area contributed by atoms with Crippen LogP contribution in [0.2, 0.25) is 0 Å². The Balaban J connectivity index is 1.48. The highest BCUT2D eigenvalue weighted by molar-refractivity contribution is 7.71. The smallest absolute Gasteiger partial charge is 0.246 e. The Morgan fingerprint density at radius 2 is 2.04 bits per heavy atom. The molecule has 2 aromatic heterocycles. The summed E-state index contributed by atoms with van der Waals surface area (Å²) in [6.07, 6.45) is 5.25. The van der Waals surface area contributed by atoms with Gasteiger partial charge in [-0.05, 0) is 36.5 Å². The summed E-state index contributed by atoms with van der Waals surface area (Å²) >= 11 is 5.35. The highest BCUT2D eigenvalue weighted by Crippen LogP contribution is 2.34. The fraction of sp³-hybridized carbons (Fsp3) is 0.133. The predicted molar refractivity (Wildman–Crippen MR) is 87.5 cm³/mol. The van der Waals surface area contributed by atoms with Crippen LogP contribution >= 0.6 is 12.2 Å². The van der Waals surface area contributed by atoms with Crippen LogP contribution in [-0.4, -0.2) is 31.8 Å². The second-order valence-electron chi connectivity index (χ2n) is 5.10. The van der Waals surface area contributed by atoms with E-state index < -0.39 is 0 Å². The molecule has 0 saturated carbocycles. The summed E-state index contributed by atoms with van der Waals surface area (Å²) in [5.74, 6) is 1.05. The normalized spacial score (nSPS) is 12.3. The molecule has 1 N–H and O–H groups in total. The largest absolute Gasteiger partial charge is 0.454 e. The van der Waals surface area contributed by atoms with Crippen LogP contribution < -0.4 is 14.8 Å². The maximum atomic E-state index is 12.2. The number of nitrogens with one attached hydrogen (secondary N) is 1. The van der Waals surface area contributed by atoms with Crippen molar-refractivity contribution in [3.8, 4) is 11.5 Å². The molecule has 1 aliphatic heterocycles. The maximum absolute atomic E-state index is 12.2. The van der Waals surface area contributed by atoms with E-state index in [1.807, 2.05) is 24.5 Å². The number of carbonyl (C=O) groups excluding carboxylic acids is 1. The van der Waals surface area contributed by atoms with E-state index in [4.69, 9.17) is 21.7 Å². The molecule has 1 amide bonds. The van der Waals surface area contributed by atoms with Gasteiger partial charge in [-0.25, -0.2) is 9.36 Å². The molecular weight excluding hydrogens is 330 g/mol. The van der Waals surface area contributed by atoms with Crippen molar-refractivity contribution in [1.29, 1.82) is 0 Å². The van der Waals surface area contributed by atoms with Gasteiger partial charge < -0.3 is 14.8 Å². The monoisotopic (exact) mass is 343 g/mol. The minimum atomic E-state index is -0.234. The number of amides is 1. The number of anilines is 1. The SMILES string of the molecule is O=C(Cn1ncn(-n2cccc2)c1=S)Nc1ccc2c(c1)OCO2. The van der Waals surface area contributed by atoms with Gasteiger partial charge in [-0.1, -0.05) is 0 Å². The van der Waals surface area contributed by atoms with Gasteiger partial charge >= 0.3 is 0 Å². The number of ether oxygens (including phenoxy) is 2. The molecule has 9 heteroatoms. The number of carbonyl (C=O) groups is 1. The number of fused-ring (bicyclic) bond motifs is 1. The molecule has 0 spiro atoms. The van der Waals surface area contributed by atoms with E-state index in [1.54, 1.807) is 33.9 Å². The van der Waals surface area contributed by atoms with Crippen LogP contribution in [0.3, 0.4) is 0 Å². The molecule has 8 nitrogen and oxygen atoms in total. The molecule has 0 bridgehead atoms. The summed E-state index contributed by atoms with van der Waals surface area (Å²) in [6.45, 7) is 0.209. The van der Waals surface area contributed by atoms with Gasteiger partial charge in [0.2, 0.25) is 17.5 Å². The summed E-state index contributed by atoms with van der Waals surface area (Å²) in [5, 5.41) is 6.95. The molecule has 0 saturated heterocycles. The van der Waals surface area contributed by atoms with Crippen molar-refractivity contribution < 1.29 is 14.3 Å². The second kappa shape index (κ2) is 5.85. The minimum absolute atomic E-state index is 0.0154. The zero-order valence-corrected chi connectivity index (χ0v) is 13.3. The lowest BCUT2D eigenvalue weighted by molar-refractivity contribution is -0.116. The molecular formula is C15H13N5O3S. The molecule has 3 aromatic rings. The fourth-order valence-corrected chi connectivity index (χ4v) is 2.63. The zero-order valence-electron chi connectivity index (χ0n) is 12.5. The third-order valence-electron chi connectivity index (χ3n) is 3.50. The van der Waals surface area contributed by atoms with Gasteiger partial charge in [0.15, 0.2) is 11.5 Å². The van der Waals surface area contributed by atoms with Crippen molar-refractivity contribution in [2.75, 3.05) is 12.1 Å². The van der Waals surface area contributed by atoms with E-state index in [2.05, 4.69) is 10.4 Å². The summed E-state index contributed by atoms with van der Waals surface area (Å²) in [5.41, 5.74) is 0.626. The van der Waals surface area contributed by atoms with E-state index in [0.717, 1.165) is 0 Å². The molecule has 0 radical (unpaired) electrons. The first-order chi connectivity index (χ1) is 11.7. The number of hydrogen-bond acceptors (Lipinski definition) is 5. The van der Waals surface area contributed by atoms with E-state index >= 15 is 0 Å². The lowest BCUT2D eigenvalue weighted by Gasteiger charge is -2.06. The molecule has 0 fully saturated rings. The number of aromatic nitrogens is 4. The van der Waals surface area contributed by atoms with Crippen molar-refractivity contribution in [2.24, 2.45) is 0 Å². The molecule has 0 atom stereocenters. The molecule has 24 heavy (non-hydrogen) atoms. The molecule has 4 rings (SSSR count). The maximum Gasteiger partial charge on any atom is 0.246 e.